The van der Waals surface area contributed by atoms with Crippen molar-refractivity contribution >= 4 is 11.9 Å². The van der Waals surface area contributed by atoms with E-state index in [9.17, 15) is 9.18 Å². The van der Waals surface area contributed by atoms with Crippen LogP contribution >= 0.6 is 0 Å². The molecule has 0 spiro atoms. The molecule has 0 bridgehead atoms. The summed E-state index contributed by atoms with van der Waals surface area (Å²) in [6.07, 6.45) is 2.86. The molecule has 0 fully saturated rings. The lowest BCUT2D eigenvalue weighted by Gasteiger charge is -2.08. The number of carbonyl (C=O) groups is 1. The molecule has 0 aliphatic carbocycles. The van der Waals surface area contributed by atoms with Crippen LogP contribution in [0.4, 0.5) is 10.3 Å². The monoisotopic (exact) mass is 366 g/mol. The van der Waals surface area contributed by atoms with Crippen LogP contribution in [0.5, 0.6) is 5.75 Å². The van der Waals surface area contributed by atoms with Crippen LogP contribution in [-0.2, 0) is 13.1 Å². The van der Waals surface area contributed by atoms with Gasteiger partial charge in [0.15, 0.2) is 0 Å². The van der Waals surface area contributed by atoms with Crippen molar-refractivity contribution in [2.24, 2.45) is 0 Å². The van der Waals surface area contributed by atoms with Gasteiger partial charge in [-0.1, -0.05) is 30.3 Å². The minimum Gasteiger partial charge on any atom is -0.497 e. The molecule has 2 N–H and O–H groups in total. The predicted octanol–water partition coefficient (Wildman–Crippen LogP) is 3.17. The minimum absolute atomic E-state index is 0.100. The smallest absolute Gasteiger partial charge is 0.254 e. The summed E-state index contributed by atoms with van der Waals surface area (Å²) in [6.45, 7) is 0.645. The van der Waals surface area contributed by atoms with Gasteiger partial charge in [0, 0.05) is 31.0 Å². The van der Waals surface area contributed by atoms with E-state index >= 15 is 0 Å². The SMILES string of the molecule is COc1ccc(CNc2ncc(C(=O)NCc3ccccc3F)cn2)cc1. The third-order valence-corrected chi connectivity index (χ3v) is 3.92. The topological polar surface area (TPSA) is 76.1 Å². The first-order valence-electron chi connectivity index (χ1n) is 8.36. The molecule has 7 heteroatoms. The number of benzene rings is 2. The number of methoxy groups -OCH3 is 1. The van der Waals surface area contributed by atoms with Crippen LogP contribution in [0.15, 0.2) is 60.9 Å². The second kappa shape index (κ2) is 8.75. The van der Waals surface area contributed by atoms with Gasteiger partial charge in [-0.25, -0.2) is 14.4 Å². The molecule has 0 saturated carbocycles. The lowest BCUT2D eigenvalue weighted by molar-refractivity contribution is 0.0950. The largest absolute Gasteiger partial charge is 0.497 e. The first-order valence-corrected chi connectivity index (χ1v) is 8.36. The molecule has 0 unspecified atom stereocenters. The fourth-order valence-electron chi connectivity index (χ4n) is 2.38. The van der Waals surface area contributed by atoms with Gasteiger partial charge >= 0.3 is 0 Å². The Labute approximate surface area is 156 Å². The summed E-state index contributed by atoms with van der Waals surface area (Å²) in [5, 5.41) is 5.74. The van der Waals surface area contributed by atoms with Gasteiger partial charge in [0.25, 0.3) is 5.91 Å². The maximum atomic E-state index is 13.6. The Kier molecular flexibility index (Phi) is 5.94. The number of aromatic nitrogens is 2. The third-order valence-electron chi connectivity index (χ3n) is 3.92. The number of carbonyl (C=O) groups excluding carboxylic acids is 1. The summed E-state index contributed by atoms with van der Waals surface area (Å²) >= 11 is 0. The lowest BCUT2D eigenvalue weighted by atomic mass is 10.2. The lowest BCUT2D eigenvalue weighted by Crippen LogP contribution is -2.23. The Morgan fingerprint density at radius 2 is 1.74 bits per heavy atom. The van der Waals surface area contributed by atoms with E-state index < -0.39 is 0 Å². The van der Waals surface area contributed by atoms with Crippen molar-refractivity contribution < 1.29 is 13.9 Å². The molecule has 2 aromatic carbocycles. The molecule has 0 aliphatic heterocycles. The number of anilines is 1. The van der Waals surface area contributed by atoms with Crippen molar-refractivity contribution in [2.75, 3.05) is 12.4 Å². The summed E-state index contributed by atoms with van der Waals surface area (Å²) in [6, 6.07) is 13.9. The van der Waals surface area contributed by atoms with Crippen molar-refractivity contribution in [3.63, 3.8) is 0 Å². The molecular formula is C20H19FN4O2. The van der Waals surface area contributed by atoms with Crippen LogP contribution < -0.4 is 15.4 Å². The highest BCUT2D eigenvalue weighted by atomic mass is 19.1. The molecule has 138 valence electrons. The Morgan fingerprint density at radius 1 is 1.04 bits per heavy atom. The highest BCUT2D eigenvalue weighted by molar-refractivity contribution is 5.93. The quantitative estimate of drug-likeness (QED) is 0.672. The first kappa shape index (κ1) is 18.3. The maximum absolute atomic E-state index is 13.6. The number of nitrogens with zero attached hydrogens (tertiary/aromatic N) is 2. The van der Waals surface area contributed by atoms with Gasteiger partial charge in [-0.3, -0.25) is 4.79 Å². The van der Waals surface area contributed by atoms with Crippen LogP contribution in [-0.4, -0.2) is 23.0 Å². The predicted molar refractivity (Wildman–Crippen MR) is 99.9 cm³/mol. The molecule has 1 aromatic heterocycles. The van der Waals surface area contributed by atoms with Gasteiger partial charge in [-0.05, 0) is 23.8 Å². The second-order valence-electron chi connectivity index (χ2n) is 5.77. The first-order chi connectivity index (χ1) is 13.2. The number of halogens is 1. The van der Waals surface area contributed by atoms with E-state index in [1.165, 1.54) is 18.5 Å². The van der Waals surface area contributed by atoms with Gasteiger partial charge in [0.05, 0.1) is 12.7 Å². The Morgan fingerprint density at radius 3 is 2.41 bits per heavy atom. The molecule has 1 amide bonds. The average Bonchev–Trinajstić information content (AvgIpc) is 2.72. The molecule has 1 heterocycles. The Balaban J connectivity index is 1.53. The number of ether oxygens (including phenoxy) is 1. The molecule has 3 aromatic rings. The summed E-state index contributed by atoms with van der Waals surface area (Å²) in [5.41, 5.74) is 1.77. The van der Waals surface area contributed by atoms with E-state index in [4.69, 9.17) is 4.74 Å². The van der Waals surface area contributed by atoms with E-state index in [0.29, 0.717) is 23.6 Å². The number of rotatable bonds is 7. The van der Waals surface area contributed by atoms with Gasteiger partial charge in [0.2, 0.25) is 5.95 Å². The zero-order valence-corrected chi connectivity index (χ0v) is 14.8. The molecule has 0 radical (unpaired) electrons. The minimum atomic E-state index is -0.361. The van der Waals surface area contributed by atoms with Crippen molar-refractivity contribution in [1.82, 2.24) is 15.3 Å². The molecule has 27 heavy (non-hydrogen) atoms. The number of amides is 1. The number of hydrogen-bond donors (Lipinski definition) is 2. The van der Waals surface area contributed by atoms with Crippen LogP contribution in [0.2, 0.25) is 0 Å². The van der Waals surface area contributed by atoms with Gasteiger partial charge in [0.1, 0.15) is 11.6 Å². The third kappa shape index (κ3) is 5.01. The van der Waals surface area contributed by atoms with Crippen molar-refractivity contribution in [3.05, 3.63) is 83.4 Å². The second-order valence-corrected chi connectivity index (χ2v) is 5.77. The van der Waals surface area contributed by atoms with E-state index in [-0.39, 0.29) is 18.3 Å². The normalized spacial score (nSPS) is 10.3. The Hall–Kier alpha value is -3.48. The zero-order chi connectivity index (χ0) is 19.1. The number of nitrogens with one attached hydrogen (secondary N) is 2. The Bertz CT molecular complexity index is 899. The van der Waals surface area contributed by atoms with Crippen molar-refractivity contribution in [1.29, 1.82) is 0 Å². The van der Waals surface area contributed by atoms with Gasteiger partial charge in [-0.15, -0.1) is 0 Å². The standard InChI is InChI=1S/C20H19FN4O2/c1-27-17-8-6-14(7-9-17)10-23-20-24-12-16(13-25-20)19(26)22-11-15-4-2-3-5-18(15)21/h2-9,12-13H,10-11H2,1H3,(H,22,26)(H,23,24,25). The highest BCUT2D eigenvalue weighted by Crippen LogP contribution is 2.12. The molecule has 0 aliphatic rings. The van der Waals surface area contributed by atoms with Crippen LogP contribution in [0.3, 0.4) is 0 Å². The molecule has 6 nitrogen and oxygen atoms in total. The number of hydrogen-bond acceptors (Lipinski definition) is 5. The van der Waals surface area contributed by atoms with E-state index in [1.807, 2.05) is 24.3 Å². The summed E-state index contributed by atoms with van der Waals surface area (Å²) in [4.78, 5) is 20.4. The van der Waals surface area contributed by atoms with Crippen LogP contribution in [0, 0.1) is 5.82 Å². The van der Waals surface area contributed by atoms with E-state index in [2.05, 4.69) is 20.6 Å². The van der Waals surface area contributed by atoms with Gasteiger partial charge < -0.3 is 15.4 Å². The van der Waals surface area contributed by atoms with Crippen LogP contribution in [0.1, 0.15) is 21.5 Å². The summed E-state index contributed by atoms with van der Waals surface area (Å²) < 4.78 is 18.7. The zero-order valence-electron chi connectivity index (χ0n) is 14.8. The van der Waals surface area contributed by atoms with E-state index in [1.54, 1.807) is 25.3 Å². The fraction of sp³-hybridized carbons (Fsp3) is 0.150. The van der Waals surface area contributed by atoms with Crippen molar-refractivity contribution in [2.45, 2.75) is 13.1 Å². The van der Waals surface area contributed by atoms with E-state index in [0.717, 1.165) is 11.3 Å². The maximum Gasteiger partial charge on any atom is 0.254 e. The molecule has 0 atom stereocenters. The fourth-order valence-corrected chi connectivity index (χ4v) is 2.38. The van der Waals surface area contributed by atoms with Crippen molar-refractivity contribution in [3.8, 4) is 5.75 Å². The molecular weight excluding hydrogens is 347 g/mol. The summed E-state index contributed by atoms with van der Waals surface area (Å²) in [5.74, 6) is 0.490. The highest BCUT2D eigenvalue weighted by Gasteiger charge is 2.08. The summed E-state index contributed by atoms with van der Waals surface area (Å²) in [7, 11) is 1.62. The molecule has 3 rings (SSSR count). The average molecular weight is 366 g/mol. The van der Waals surface area contributed by atoms with Crippen LogP contribution in [0.25, 0.3) is 0 Å². The molecule has 0 saturated heterocycles. The van der Waals surface area contributed by atoms with Gasteiger partial charge in [-0.2, -0.15) is 0 Å².